The Labute approximate surface area is 141 Å². The van der Waals surface area contributed by atoms with Gasteiger partial charge in [0, 0.05) is 13.1 Å². The summed E-state index contributed by atoms with van der Waals surface area (Å²) in [5.74, 6) is -0.607. The summed E-state index contributed by atoms with van der Waals surface area (Å²) in [4.78, 5) is 11.3. The number of aromatic nitrogens is 1. The third-order valence-corrected chi connectivity index (χ3v) is 5.41. The van der Waals surface area contributed by atoms with Gasteiger partial charge in [-0.3, -0.25) is 9.29 Å². The van der Waals surface area contributed by atoms with Gasteiger partial charge in [0.15, 0.2) is 5.58 Å². The van der Waals surface area contributed by atoms with Gasteiger partial charge in [-0.15, -0.1) is 0 Å². The minimum Gasteiger partial charge on any atom is -0.408 e. The molecule has 0 radical (unpaired) electrons. The van der Waals surface area contributed by atoms with Gasteiger partial charge in [-0.25, -0.2) is 13.2 Å². The van der Waals surface area contributed by atoms with Crippen LogP contribution in [0.4, 0.5) is 5.69 Å². The Morgan fingerprint density at radius 2 is 1.83 bits per heavy atom. The maximum absolute atomic E-state index is 12.6. The Bertz CT molecular complexity index is 1070. The van der Waals surface area contributed by atoms with E-state index in [2.05, 4.69) is 4.72 Å². The first-order valence-electron chi connectivity index (χ1n) is 6.36. The molecule has 1 N–H and O–H groups in total. The number of sulfonamides is 1. The predicted molar refractivity (Wildman–Crippen MR) is 88.7 cm³/mol. The average molecular weight is 373 g/mol. The molecule has 9 heteroatoms. The third-order valence-electron chi connectivity index (χ3n) is 3.25. The van der Waals surface area contributed by atoms with Crippen LogP contribution in [0.25, 0.3) is 11.1 Å². The third kappa shape index (κ3) is 2.83. The Morgan fingerprint density at radius 3 is 2.52 bits per heavy atom. The molecule has 0 unspecified atom stereocenters. The molecule has 0 fully saturated rings. The van der Waals surface area contributed by atoms with Crippen LogP contribution in [0.5, 0.6) is 0 Å². The molecule has 0 amide bonds. The average Bonchev–Trinajstić information content (AvgIpc) is 2.75. The molecule has 0 aliphatic heterocycles. The molecule has 3 aromatic rings. The summed E-state index contributed by atoms with van der Waals surface area (Å²) in [7, 11) is -2.52. The van der Waals surface area contributed by atoms with Gasteiger partial charge in [0.25, 0.3) is 10.0 Å². The van der Waals surface area contributed by atoms with E-state index in [1.165, 1.54) is 29.8 Å². The van der Waals surface area contributed by atoms with E-state index in [1.807, 2.05) is 0 Å². The Balaban J connectivity index is 2.15. The molecule has 0 saturated carbocycles. The quantitative estimate of drug-likeness (QED) is 0.764. The fourth-order valence-electron chi connectivity index (χ4n) is 2.08. The second kappa shape index (κ2) is 5.59. The number of benzene rings is 2. The second-order valence-corrected chi connectivity index (χ2v) is 7.23. The Kier molecular flexibility index (Phi) is 3.87. The summed E-state index contributed by atoms with van der Waals surface area (Å²) < 4.78 is 33.7. The van der Waals surface area contributed by atoms with Gasteiger partial charge in [0.2, 0.25) is 0 Å². The summed E-state index contributed by atoms with van der Waals surface area (Å²) in [6.45, 7) is 0. The lowest BCUT2D eigenvalue weighted by molar-refractivity contribution is 0.528. The number of anilines is 1. The smallest absolute Gasteiger partial charge is 0.408 e. The number of rotatable bonds is 3. The van der Waals surface area contributed by atoms with Crippen molar-refractivity contribution in [2.75, 3.05) is 4.72 Å². The number of oxazole rings is 1. The highest BCUT2D eigenvalue weighted by atomic mass is 35.5. The van der Waals surface area contributed by atoms with Crippen LogP contribution in [0.15, 0.2) is 50.5 Å². The van der Waals surface area contributed by atoms with Crippen molar-refractivity contribution < 1.29 is 12.8 Å². The molecule has 0 spiro atoms. The second-order valence-electron chi connectivity index (χ2n) is 4.76. The zero-order chi connectivity index (χ0) is 16.8. The lowest BCUT2D eigenvalue weighted by Crippen LogP contribution is -2.14. The Morgan fingerprint density at radius 1 is 1.13 bits per heavy atom. The van der Waals surface area contributed by atoms with E-state index in [4.69, 9.17) is 27.6 Å². The van der Waals surface area contributed by atoms with Crippen molar-refractivity contribution in [2.45, 2.75) is 4.90 Å². The molecular weight excluding hydrogens is 363 g/mol. The fraction of sp³-hybridized carbons (Fsp3) is 0.0714. The molecule has 23 heavy (non-hydrogen) atoms. The SMILES string of the molecule is Cn1c(=O)oc2cc(Cl)c(S(=O)(=O)Nc3ccccc3Cl)cc21. The first-order valence-corrected chi connectivity index (χ1v) is 8.60. The van der Waals surface area contributed by atoms with E-state index in [0.717, 1.165) is 0 Å². The molecule has 6 nitrogen and oxygen atoms in total. The molecule has 2 aromatic carbocycles. The van der Waals surface area contributed by atoms with Crippen LogP contribution < -0.4 is 10.5 Å². The number of hydrogen-bond donors (Lipinski definition) is 1. The van der Waals surface area contributed by atoms with Gasteiger partial charge in [0.05, 0.1) is 21.2 Å². The molecule has 120 valence electrons. The Hall–Kier alpha value is -1.96. The molecule has 0 bridgehead atoms. The van der Waals surface area contributed by atoms with E-state index >= 15 is 0 Å². The van der Waals surface area contributed by atoms with Crippen LogP contribution in [-0.4, -0.2) is 13.0 Å². The minimum absolute atomic E-state index is 0.0635. The van der Waals surface area contributed by atoms with E-state index in [-0.39, 0.29) is 26.2 Å². The van der Waals surface area contributed by atoms with Crippen molar-refractivity contribution in [1.29, 1.82) is 0 Å². The maximum Gasteiger partial charge on any atom is 0.419 e. The molecule has 3 rings (SSSR count). The van der Waals surface area contributed by atoms with Crippen molar-refractivity contribution in [3.63, 3.8) is 0 Å². The van der Waals surface area contributed by atoms with Gasteiger partial charge in [-0.05, 0) is 18.2 Å². The molecule has 0 saturated heterocycles. The molecule has 1 heterocycles. The van der Waals surface area contributed by atoms with Crippen LogP contribution >= 0.6 is 23.2 Å². The van der Waals surface area contributed by atoms with Crippen LogP contribution in [0.3, 0.4) is 0 Å². The van der Waals surface area contributed by atoms with Gasteiger partial charge in [0.1, 0.15) is 4.90 Å². The monoisotopic (exact) mass is 372 g/mol. The van der Waals surface area contributed by atoms with Crippen molar-refractivity contribution in [3.05, 3.63) is 57.0 Å². The summed E-state index contributed by atoms with van der Waals surface area (Å²) >= 11 is 12.0. The van der Waals surface area contributed by atoms with Crippen molar-refractivity contribution in [3.8, 4) is 0 Å². The topological polar surface area (TPSA) is 81.3 Å². The molecule has 0 aliphatic rings. The lowest BCUT2D eigenvalue weighted by Gasteiger charge is -2.10. The zero-order valence-corrected chi connectivity index (χ0v) is 14.0. The zero-order valence-electron chi connectivity index (χ0n) is 11.7. The summed E-state index contributed by atoms with van der Waals surface area (Å²) in [6.07, 6.45) is 0. The minimum atomic E-state index is -3.99. The number of nitrogens with one attached hydrogen (secondary N) is 1. The summed E-state index contributed by atoms with van der Waals surface area (Å²) in [5, 5.41) is 0.190. The number of para-hydroxylation sites is 1. The van der Waals surface area contributed by atoms with Crippen molar-refractivity contribution in [1.82, 2.24) is 4.57 Å². The van der Waals surface area contributed by atoms with Gasteiger partial charge < -0.3 is 4.42 Å². The van der Waals surface area contributed by atoms with Crippen molar-refractivity contribution >= 4 is 50.0 Å². The molecule has 0 atom stereocenters. The van der Waals surface area contributed by atoms with Crippen molar-refractivity contribution in [2.24, 2.45) is 7.05 Å². The van der Waals surface area contributed by atoms with E-state index in [1.54, 1.807) is 18.2 Å². The van der Waals surface area contributed by atoms with Gasteiger partial charge >= 0.3 is 5.76 Å². The first kappa shape index (κ1) is 15.9. The van der Waals surface area contributed by atoms with E-state index in [9.17, 15) is 13.2 Å². The highest BCUT2D eigenvalue weighted by molar-refractivity contribution is 7.92. The van der Waals surface area contributed by atoms with Crippen LogP contribution in [0.1, 0.15) is 0 Å². The summed E-state index contributed by atoms with van der Waals surface area (Å²) in [6, 6.07) is 8.99. The predicted octanol–water partition coefficient (Wildman–Crippen LogP) is 3.24. The highest BCUT2D eigenvalue weighted by Crippen LogP contribution is 2.30. The number of hydrogen-bond acceptors (Lipinski definition) is 4. The van der Waals surface area contributed by atoms with Crippen LogP contribution in [0, 0.1) is 0 Å². The standard InChI is InChI=1S/C14H10Cl2N2O4S/c1-18-11-7-13(9(16)6-12(11)22-14(18)19)23(20,21)17-10-5-3-2-4-8(10)15/h2-7,17H,1H3. The number of nitrogens with zero attached hydrogens (tertiary/aromatic N) is 1. The fourth-order valence-corrected chi connectivity index (χ4v) is 3.94. The number of aryl methyl sites for hydroxylation is 1. The normalized spacial score (nSPS) is 11.8. The molecule has 0 aliphatic carbocycles. The largest absolute Gasteiger partial charge is 0.419 e. The number of fused-ring (bicyclic) bond motifs is 1. The van der Waals surface area contributed by atoms with Gasteiger partial charge in [-0.1, -0.05) is 35.3 Å². The lowest BCUT2D eigenvalue weighted by atomic mass is 10.3. The summed E-state index contributed by atoms with van der Waals surface area (Å²) in [5.41, 5.74) is 0.754. The highest BCUT2D eigenvalue weighted by Gasteiger charge is 2.22. The van der Waals surface area contributed by atoms with Gasteiger partial charge in [-0.2, -0.15) is 0 Å². The first-order chi connectivity index (χ1) is 10.8. The van der Waals surface area contributed by atoms with E-state index < -0.39 is 15.8 Å². The number of halogens is 2. The van der Waals surface area contributed by atoms with E-state index in [0.29, 0.717) is 5.52 Å². The maximum atomic E-state index is 12.6. The van der Waals surface area contributed by atoms with Crippen LogP contribution in [0.2, 0.25) is 10.0 Å². The molecule has 1 aromatic heterocycles. The van der Waals surface area contributed by atoms with Crippen LogP contribution in [-0.2, 0) is 17.1 Å². The molecular formula is C14H10Cl2N2O4S.